The Kier molecular flexibility index (Phi) is 5.99. The van der Waals surface area contributed by atoms with E-state index in [2.05, 4.69) is 10.1 Å². The SMILES string of the molecule is O=C(COc1cccc([N+](=O)[O-])c1)NCc1ccccc1OC(F)(F)F. The summed E-state index contributed by atoms with van der Waals surface area (Å²) < 4.78 is 46.0. The van der Waals surface area contributed by atoms with Crippen LogP contribution in [0.25, 0.3) is 0 Å². The Morgan fingerprint density at radius 3 is 2.58 bits per heavy atom. The molecule has 138 valence electrons. The lowest BCUT2D eigenvalue weighted by atomic mass is 10.2. The van der Waals surface area contributed by atoms with Crippen molar-refractivity contribution in [3.8, 4) is 11.5 Å². The van der Waals surface area contributed by atoms with Gasteiger partial charge in [-0.15, -0.1) is 13.2 Å². The van der Waals surface area contributed by atoms with Crippen LogP contribution in [-0.2, 0) is 11.3 Å². The second-order valence-corrected chi connectivity index (χ2v) is 4.98. The molecule has 1 N–H and O–H groups in total. The average Bonchev–Trinajstić information content (AvgIpc) is 2.58. The summed E-state index contributed by atoms with van der Waals surface area (Å²) in [5.74, 6) is -0.909. The molecule has 2 aromatic rings. The van der Waals surface area contributed by atoms with Gasteiger partial charge in [0.1, 0.15) is 11.5 Å². The van der Waals surface area contributed by atoms with Crippen LogP contribution in [0.5, 0.6) is 11.5 Å². The van der Waals surface area contributed by atoms with E-state index in [4.69, 9.17) is 4.74 Å². The number of amides is 1. The number of nitrogens with one attached hydrogen (secondary N) is 1. The number of para-hydroxylation sites is 1. The molecule has 2 aromatic carbocycles. The Hall–Kier alpha value is -3.30. The van der Waals surface area contributed by atoms with Gasteiger partial charge in [-0.2, -0.15) is 0 Å². The number of alkyl halides is 3. The van der Waals surface area contributed by atoms with Crippen LogP contribution < -0.4 is 14.8 Å². The first kappa shape index (κ1) is 19.0. The van der Waals surface area contributed by atoms with Crippen LogP contribution in [0.2, 0.25) is 0 Å². The summed E-state index contributed by atoms with van der Waals surface area (Å²) in [5.41, 5.74) is -0.0605. The van der Waals surface area contributed by atoms with Gasteiger partial charge in [-0.1, -0.05) is 24.3 Å². The van der Waals surface area contributed by atoms with Gasteiger partial charge in [0, 0.05) is 18.2 Å². The highest BCUT2D eigenvalue weighted by Gasteiger charge is 2.31. The molecule has 0 aromatic heterocycles. The summed E-state index contributed by atoms with van der Waals surface area (Å²) in [6.07, 6.45) is -4.84. The van der Waals surface area contributed by atoms with Gasteiger partial charge in [-0.3, -0.25) is 14.9 Å². The highest BCUT2D eigenvalue weighted by atomic mass is 19.4. The van der Waals surface area contributed by atoms with E-state index in [1.54, 1.807) is 0 Å². The van der Waals surface area contributed by atoms with Crippen LogP contribution in [0.15, 0.2) is 48.5 Å². The maximum atomic E-state index is 12.3. The zero-order valence-corrected chi connectivity index (χ0v) is 13.2. The number of non-ortho nitro benzene ring substituents is 1. The van der Waals surface area contributed by atoms with Crippen LogP contribution in [0.3, 0.4) is 0 Å². The number of hydrogen-bond donors (Lipinski definition) is 1. The van der Waals surface area contributed by atoms with Crippen molar-refractivity contribution < 1.29 is 32.4 Å². The summed E-state index contributed by atoms with van der Waals surface area (Å²) in [4.78, 5) is 21.8. The maximum Gasteiger partial charge on any atom is 0.573 e. The molecule has 26 heavy (non-hydrogen) atoms. The predicted molar refractivity (Wildman–Crippen MR) is 83.6 cm³/mol. The molecule has 0 aliphatic rings. The fourth-order valence-corrected chi connectivity index (χ4v) is 1.95. The van der Waals surface area contributed by atoms with Gasteiger partial charge in [-0.05, 0) is 12.1 Å². The molecule has 0 bridgehead atoms. The number of rotatable bonds is 7. The maximum absolute atomic E-state index is 12.3. The minimum absolute atomic E-state index is 0.121. The van der Waals surface area contributed by atoms with Gasteiger partial charge in [0.05, 0.1) is 11.0 Å². The van der Waals surface area contributed by atoms with E-state index in [1.807, 2.05) is 0 Å². The Labute approximate surface area is 145 Å². The molecule has 7 nitrogen and oxygen atoms in total. The van der Waals surface area contributed by atoms with E-state index in [9.17, 15) is 28.1 Å². The van der Waals surface area contributed by atoms with Crippen LogP contribution in [0, 0.1) is 10.1 Å². The second-order valence-electron chi connectivity index (χ2n) is 4.98. The fourth-order valence-electron chi connectivity index (χ4n) is 1.95. The molecule has 1 amide bonds. The Morgan fingerprint density at radius 1 is 1.15 bits per heavy atom. The molecule has 0 heterocycles. The quantitative estimate of drug-likeness (QED) is 0.597. The Morgan fingerprint density at radius 2 is 1.88 bits per heavy atom. The highest BCUT2D eigenvalue weighted by molar-refractivity contribution is 5.77. The first-order valence-electron chi connectivity index (χ1n) is 7.22. The third-order valence-electron chi connectivity index (χ3n) is 3.07. The second kappa shape index (κ2) is 8.19. The minimum Gasteiger partial charge on any atom is -0.484 e. The van der Waals surface area contributed by atoms with E-state index >= 15 is 0 Å². The molecule has 0 fully saturated rings. The number of carbonyl (C=O) groups excluding carboxylic acids is 1. The van der Waals surface area contributed by atoms with Crippen molar-refractivity contribution in [1.29, 1.82) is 0 Å². The number of ether oxygens (including phenoxy) is 2. The van der Waals surface area contributed by atoms with Gasteiger partial charge in [0.15, 0.2) is 6.61 Å². The summed E-state index contributed by atoms with van der Waals surface area (Å²) >= 11 is 0. The average molecular weight is 370 g/mol. The van der Waals surface area contributed by atoms with Crippen molar-refractivity contribution in [2.24, 2.45) is 0 Å². The molecule has 0 unspecified atom stereocenters. The molecule has 0 atom stereocenters. The largest absolute Gasteiger partial charge is 0.573 e. The van der Waals surface area contributed by atoms with E-state index in [0.29, 0.717) is 0 Å². The van der Waals surface area contributed by atoms with Gasteiger partial charge in [-0.25, -0.2) is 0 Å². The van der Waals surface area contributed by atoms with Gasteiger partial charge >= 0.3 is 6.36 Å². The smallest absolute Gasteiger partial charge is 0.484 e. The number of nitro groups is 1. The molecule has 2 rings (SSSR count). The van der Waals surface area contributed by atoms with Crippen LogP contribution in [0.4, 0.5) is 18.9 Å². The fraction of sp³-hybridized carbons (Fsp3) is 0.188. The Balaban J connectivity index is 1.90. The van der Waals surface area contributed by atoms with Crippen molar-refractivity contribution in [2.45, 2.75) is 12.9 Å². The lowest BCUT2D eigenvalue weighted by molar-refractivity contribution is -0.384. The zero-order chi connectivity index (χ0) is 19.2. The number of nitrogens with zero attached hydrogens (tertiary/aromatic N) is 1. The number of hydrogen-bond acceptors (Lipinski definition) is 5. The Bertz CT molecular complexity index is 795. The monoisotopic (exact) mass is 370 g/mol. The molecule has 0 spiro atoms. The summed E-state index contributed by atoms with van der Waals surface area (Å²) in [7, 11) is 0. The molecule has 0 saturated carbocycles. The van der Waals surface area contributed by atoms with Crippen LogP contribution >= 0.6 is 0 Å². The number of nitro benzene ring substituents is 1. The van der Waals surface area contributed by atoms with Crippen molar-refractivity contribution in [1.82, 2.24) is 5.32 Å². The minimum atomic E-state index is -4.84. The van der Waals surface area contributed by atoms with Crippen LogP contribution in [-0.4, -0.2) is 23.8 Å². The third kappa shape index (κ3) is 5.96. The highest BCUT2D eigenvalue weighted by Crippen LogP contribution is 2.26. The summed E-state index contributed by atoms with van der Waals surface area (Å²) in [5, 5.41) is 13.0. The number of carbonyl (C=O) groups is 1. The number of halogens is 3. The van der Waals surface area contributed by atoms with E-state index in [0.717, 1.165) is 12.1 Å². The molecular formula is C16H13F3N2O5. The number of benzene rings is 2. The lowest BCUT2D eigenvalue weighted by Gasteiger charge is -2.13. The molecule has 0 aliphatic heterocycles. The standard InChI is InChI=1S/C16H13F3N2O5/c17-16(18,19)26-14-7-2-1-4-11(14)9-20-15(22)10-25-13-6-3-5-12(8-13)21(23)24/h1-8H,9-10H2,(H,20,22). The van der Waals surface area contributed by atoms with Crippen LogP contribution in [0.1, 0.15) is 5.56 Å². The van der Waals surface area contributed by atoms with E-state index in [-0.39, 0.29) is 23.5 Å². The normalized spacial score (nSPS) is 10.9. The van der Waals surface area contributed by atoms with Crippen molar-refractivity contribution >= 4 is 11.6 Å². The van der Waals surface area contributed by atoms with Gasteiger partial charge < -0.3 is 14.8 Å². The molecule has 0 saturated heterocycles. The summed E-state index contributed by atoms with van der Waals surface area (Å²) in [6, 6.07) is 10.6. The van der Waals surface area contributed by atoms with Gasteiger partial charge in [0.2, 0.25) is 0 Å². The molecule has 0 aliphatic carbocycles. The first-order valence-corrected chi connectivity index (χ1v) is 7.22. The molecule has 10 heteroatoms. The molecule has 0 radical (unpaired) electrons. The summed E-state index contributed by atoms with van der Waals surface area (Å²) in [6.45, 7) is -0.660. The van der Waals surface area contributed by atoms with Gasteiger partial charge in [0.25, 0.3) is 11.6 Å². The zero-order valence-electron chi connectivity index (χ0n) is 13.2. The van der Waals surface area contributed by atoms with Crippen molar-refractivity contribution in [3.63, 3.8) is 0 Å². The topological polar surface area (TPSA) is 90.7 Å². The lowest BCUT2D eigenvalue weighted by Crippen LogP contribution is -2.29. The van der Waals surface area contributed by atoms with E-state index in [1.165, 1.54) is 36.4 Å². The van der Waals surface area contributed by atoms with Crippen molar-refractivity contribution in [2.75, 3.05) is 6.61 Å². The van der Waals surface area contributed by atoms with E-state index < -0.39 is 29.5 Å². The third-order valence-corrected chi connectivity index (χ3v) is 3.07. The first-order chi connectivity index (χ1) is 12.2. The molecular weight excluding hydrogens is 357 g/mol. The van der Waals surface area contributed by atoms with Crippen molar-refractivity contribution in [3.05, 3.63) is 64.2 Å². The predicted octanol–water partition coefficient (Wildman–Crippen LogP) is 3.19.